The zero-order chi connectivity index (χ0) is 9.23. The van der Waals surface area contributed by atoms with Gasteiger partial charge in [0.15, 0.2) is 0 Å². The van der Waals surface area contributed by atoms with Gasteiger partial charge in [-0.25, -0.2) is 0 Å². The van der Waals surface area contributed by atoms with Crippen molar-refractivity contribution in [3.05, 3.63) is 0 Å². The van der Waals surface area contributed by atoms with Gasteiger partial charge in [-0.15, -0.1) is 0 Å². The number of unbranched alkanes of at least 4 members (excludes halogenated alkanes) is 2. The third-order valence-electron chi connectivity index (χ3n) is 2.11. The molecule has 0 nitrogen and oxygen atoms in total. The second-order valence-electron chi connectivity index (χ2n) is 3.13. The summed E-state index contributed by atoms with van der Waals surface area (Å²) in [6, 6.07) is 0. The third kappa shape index (κ3) is 7.35. The predicted octanol–water partition coefficient (Wildman–Crippen LogP) is 4.05. The molecular formula is C10H22S2. The molecule has 0 aliphatic carbocycles. The quantitative estimate of drug-likeness (QED) is 0.550. The van der Waals surface area contributed by atoms with Crippen LogP contribution in [-0.2, 0) is 0 Å². The van der Waals surface area contributed by atoms with Crippen molar-refractivity contribution in [2.75, 3.05) is 18.3 Å². The standard InChI is InChI=1S/C10H22S2/c1-4-5-6-7-10(12-3)8-9-11-2/h10H,4-9H2,1-3H3. The van der Waals surface area contributed by atoms with E-state index in [1.54, 1.807) is 0 Å². The highest BCUT2D eigenvalue weighted by Gasteiger charge is 2.04. The van der Waals surface area contributed by atoms with E-state index in [0.717, 1.165) is 5.25 Å². The Balaban J connectivity index is 3.26. The van der Waals surface area contributed by atoms with Crippen LogP contribution in [0.3, 0.4) is 0 Å². The SMILES string of the molecule is CCCCCC(CCSC)SC. The molecule has 74 valence electrons. The predicted molar refractivity (Wildman–Crippen MR) is 64.4 cm³/mol. The van der Waals surface area contributed by atoms with E-state index in [4.69, 9.17) is 0 Å². The van der Waals surface area contributed by atoms with Crippen LogP contribution in [-0.4, -0.2) is 23.5 Å². The molecule has 2 heteroatoms. The summed E-state index contributed by atoms with van der Waals surface area (Å²) in [6.45, 7) is 2.27. The average Bonchev–Trinajstić information content (AvgIpc) is 2.11. The molecular weight excluding hydrogens is 184 g/mol. The lowest BCUT2D eigenvalue weighted by Gasteiger charge is -2.12. The number of hydrogen-bond donors (Lipinski definition) is 0. The number of thioether (sulfide) groups is 2. The minimum atomic E-state index is 0.920. The summed E-state index contributed by atoms with van der Waals surface area (Å²) in [4.78, 5) is 0. The summed E-state index contributed by atoms with van der Waals surface area (Å²) in [7, 11) is 0. The summed E-state index contributed by atoms with van der Waals surface area (Å²) < 4.78 is 0. The van der Waals surface area contributed by atoms with Gasteiger partial charge in [-0.2, -0.15) is 23.5 Å². The first-order chi connectivity index (χ1) is 5.85. The van der Waals surface area contributed by atoms with Gasteiger partial charge in [-0.3, -0.25) is 0 Å². The van der Waals surface area contributed by atoms with Crippen molar-refractivity contribution >= 4 is 23.5 Å². The lowest BCUT2D eigenvalue weighted by molar-refractivity contribution is 0.638. The zero-order valence-electron chi connectivity index (χ0n) is 8.64. The van der Waals surface area contributed by atoms with E-state index in [-0.39, 0.29) is 0 Å². The first-order valence-corrected chi connectivity index (χ1v) is 7.55. The van der Waals surface area contributed by atoms with Gasteiger partial charge in [0, 0.05) is 5.25 Å². The van der Waals surface area contributed by atoms with Crippen LogP contribution in [0.25, 0.3) is 0 Å². The monoisotopic (exact) mass is 206 g/mol. The number of hydrogen-bond acceptors (Lipinski definition) is 2. The van der Waals surface area contributed by atoms with Crippen LogP contribution in [0.15, 0.2) is 0 Å². The molecule has 0 aromatic carbocycles. The van der Waals surface area contributed by atoms with Crippen LogP contribution in [0.2, 0.25) is 0 Å². The maximum absolute atomic E-state index is 2.27. The van der Waals surface area contributed by atoms with E-state index in [9.17, 15) is 0 Å². The zero-order valence-corrected chi connectivity index (χ0v) is 10.3. The molecule has 0 aliphatic rings. The van der Waals surface area contributed by atoms with Gasteiger partial charge in [0.1, 0.15) is 0 Å². The fourth-order valence-corrected chi connectivity index (χ4v) is 2.68. The Hall–Kier alpha value is 0.700. The van der Waals surface area contributed by atoms with E-state index >= 15 is 0 Å². The van der Waals surface area contributed by atoms with Gasteiger partial charge in [-0.1, -0.05) is 26.2 Å². The normalized spacial score (nSPS) is 13.2. The second kappa shape index (κ2) is 9.79. The van der Waals surface area contributed by atoms with Crippen molar-refractivity contribution in [1.29, 1.82) is 0 Å². The van der Waals surface area contributed by atoms with Crippen molar-refractivity contribution in [2.24, 2.45) is 0 Å². The molecule has 0 amide bonds. The molecule has 0 saturated carbocycles. The van der Waals surface area contributed by atoms with Crippen LogP contribution >= 0.6 is 23.5 Å². The highest BCUT2D eigenvalue weighted by Crippen LogP contribution is 2.19. The van der Waals surface area contributed by atoms with Crippen LogP contribution in [0.5, 0.6) is 0 Å². The summed E-state index contributed by atoms with van der Waals surface area (Å²) in [5.41, 5.74) is 0. The van der Waals surface area contributed by atoms with Crippen LogP contribution in [0, 0.1) is 0 Å². The van der Waals surface area contributed by atoms with E-state index in [1.165, 1.54) is 37.9 Å². The molecule has 0 N–H and O–H groups in total. The Morgan fingerprint density at radius 2 is 1.83 bits per heavy atom. The largest absolute Gasteiger partial charge is 0.165 e. The molecule has 0 saturated heterocycles. The topological polar surface area (TPSA) is 0 Å². The van der Waals surface area contributed by atoms with Gasteiger partial charge in [0.05, 0.1) is 0 Å². The fourth-order valence-electron chi connectivity index (χ4n) is 1.25. The minimum Gasteiger partial charge on any atom is -0.165 e. The summed E-state index contributed by atoms with van der Waals surface area (Å²) in [6.07, 6.45) is 11.5. The van der Waals surface area contributed by atoms with Gasteiger partial charge in [0.25, 0.3) is 0 Å². The molecule has 0 fully saturated rings. The molecule has 0 rings (SSSR count). The molecule has 0 spiro atoms. The van der Waals surface area contributed by atoms with Crippen molar-refractivity contribution in [1.82, 2.24) is 0 Å². The van der Waals surface area contributed by atoms with E-state index in [2.05, 4.69) is 19.4 Å². The molecule has 12 heavy (non-hydrogen) atoms. The van der Waals surface area contributed by atoms with Gasteiger partial charge in [0.2, 0.25) is 0 Å². The summed E-state index contributed by atoms with van der Waals surface area (Å²) in [5, 5.41) is 0.920. The Kier molecular flexibility index (Phi) is 10.4. The third-order valence-corrected chi connectivity index (χ3v) is 3.89. The van der Waals surface area contributed by atoms with Gasteiger partial charge < -0.3 is 0 Å². The maximum atomic E-state index is 2.27. The highest BCUT2D eigenvalue weighted by molar-refractivity contribution is 7.99. The summed E-state index contributed by atoms with van der Waals surface area (Å²) >= 11 is 4.02. The van der Waals surface area contributed by atoms with Crippen molar-refractivity contribution < 1.29 is 0 Å². The lowest BCUT2D eigenvalue weighted by Crippen LogP contribution is -2.03. The first-order valence-electron chi connectivity index (χ1n) is 4.86. The highest BCUT2D eigenvalue weighted by atomic mass is 32.2. The maximum Gasteiger partial charge on any atom is 0.00521 e. The number of rotatable bonds is 8. The first kappa shape index (κ1) is 12.7. The molecule has 0 radical (unpaired) electrons. The van der Waals surface area contributed by atoms with Crippen molar-refractivity contribution in [3.63, 3.8) is 0 Å². The Bertz CT molecular complexity index is 83.9. The molecule has 0 heterocycles. The average molecular weight is 206 g/mol. The summed E-state index contributed by atoms with van der Waals surface area (Å²) in [5.74, 6) is 1.33. The Labute approximate surface area is 86.3 Å². The molecule has 0 bridgehead atoms. The van der Waals surface area contributed by atoms with Crippen LogP contribution in [0.4, 0.5) is 0 Å². The van der Waals surface area contributed by atoms with Gasteiger partial charge >= 0.3 is 0 Å². The molecule has 1 atom stereocenters. The second-order valence-corrected chi connectivity index (χ2v) is 5.26. The van der Waals surface area contributed by atoms with Gasteiger partial charge in [-0.05, 0) is 31.1 Å². The smallest absolute Gasteiger partial charge is 0.00521 e. The van der Waals surface area contributed by atoms with Crippen molar-refractivity contribution in [2.45, 2.75) is 44.3 Å². The van der Waals surface area contributed by atoms with E-state index in [1.807, 2.05) is 23.5 Å². The van der Waals surface area contributed by atoms with E-state index < -0.39 is 0 Å². The molecule has 0 aromatic heterocycles. The molecule has 1 unspecified atom stereocenters. The van der Waals surface area contributed by atoms with Crippen LogP contribution < -0.4 is 0 Å². The Morgan fingerprint density at radius 1 is 1.08 bits per heavy atom. The Morgan fingerprint density at radius 3 is 2.33 bits per heavy atom. The molecule has 0 aromatic rings. The van der Waals surface area contributed by atoms with E-state index in [0.29, 0.717) is 0 Å². The fraction of sp³-hybridized carbons (Fsp3) is 1.00. The lowest BCUT2D eigenvalue weighted by atomic mass is 10.1. The van der Waals surface area contributed by atoms with Crippen LogP contribution in [0.1, 0.15) is 39.0 Å². The minimum absolute atomic E-state index is 0.920. The molecule has 0 aliphatic heterocycles. The van der Waals surface area contributed by atoms with Crippen molar-refractivity contribution in [3.8, 4) is 0 Å².